The van der Waals surface area contributed by atoms with Crippen LogP contribution in [0, 0.1) is 0 Å². The summed E-state index contributed by atoms with van der Waals surface area (Å²) in [5, 5.41) is 6.49. The van der Waals surface area contributed by atoms with Crippen molar-refractivity contribution in [2.75, 3.05) is 13.2 Å². The van der Waals surface area contributed by atoms with Gasteiger partial charge in [-0.3, -0.25) is 9.59 Å². The van der Waals surface area contributed by atoms with Crippen molar-refractivity contribution in [2.24, 2.45) is 21.7 Å². The van der Waals surface area contributed by atoms with Crippen LogP contribution in [0.2, 0.25) is 0 Å². The van der Waals surface area contributed by atoms with Crippen LogP contribution in [0.3, 0.4) is 0 Å². The molecule has 0 saturated heterocycles. The third-order valence-electron chi connectivity index (χ3n) is 3.27. The van der Waals surface area contributed by atoms with Gasteiger partial charge in [0.05, 0.1) is 31.8 Å². The summed E-state index contributed by atoms with van der Waals surface area (Å²) in [5.74, 6) is -1.50. The highest BCUT2D eigenvalue weighted by atomic mass is 19.4. The van der Waals surface area contributed by atoms with E-state index < -0.39 is 42.3 Å². The highest BCUT2D eigenvalue weighted by molar-refractivity contribution is 6.09. The number of esters is 2. The topological polar surface area (TPSA) is 188 Å². The smallest absolute Gasteiger partial charge is 0.431 e. The largest absolute Gasteiger partial charge is 0.466 e. The number of ether oxygens (including phenoxy) is 2. The molecule has 0 aliphatic carbocycles. The molecule has 15 heteroatoms. The van der Waals surface area contributed by atoms with Gasteiger partial charge in [0.25, 0.3) is 0 Å². The lowest BCUT2D eigenvalue weighted by atomic mass is 10.1. The van der Waals surface area contributed by atoms with E-state index in [0.717, 1.165) is 5.56 Å². The number of nitrogens with two attached hydrogens (primary N) is 2. The number of hydrazone groups is 2. The molecule has 0 spiro atoms. The molecule has 0 aliphatic rings. The number of halogens is 3. The standard InChI is InChI=1S/C12H15N3O3.C7H10F3N3O3/c1-2-18-11(16)8-10(14-15-12(13)17)9-6-4-3-5-7-9;1-2-16-5(14)3-4(7(8,9)10)12-13-6(11)15/h3-7H,2,8H2,1H3,(H3,13,15,17);2-3H2,1H3,(H3,11,13,15)/b14-10-;. The maximum Gasteiger partial charge on any atom is 0.431 e. The molecule has 0 aromatic heterocycles. The van der Waals surface area contributed by atoms with E-state index in [-0.39, 0.29) is 13.0 Å². The van der Waals surface area contributed by atoms with Crippen LogP contribution in [0.4, 0.5) is 22.8 Å². The summed E-state index contributed by atoms with van der Waals surface area (Å²) in [6.45, 7) is 3.42. The van der Waals surface area contributed by atoms with Crippen molar-refractivity contribution >= 4 is 35.4 Å². The fourth-order valence-electron chi connectivity index (χ4n) is 1.98. The van der Waals surface area contributed by atoms with Gasteiger partial charge in [0.2, 0.25) is 0 Å². The number of carbonyl (C=O) groups excluding carboxylic acids is 4. The van der Waals surface area contributed by atoms with Crippen molar-refractivity contribution in [3.63, 3.8) is 0 Å². The Hall–Kier alpha value is -4.17. The first-order valence-electron chi connectivity index (χ1n) is 9.58. The first kappa shape index (κ1) is 29.8. The predicted octanol–water partition coefficient (Wildman–Crippen LogP) is 1.54. The minimum Gasteiger partial charge on any atom is -0.466 e. The molecule has 0 atom stereocenters. The van der Waals surface area contributed by atoms with Crippen LogP contribution in [0.25, 0.3) is 0 Å². The van der Waals surface area contributed by atoms with Crippen molar-refractivity contribution in [3.05, 3.63) is 35.9 Å². The third-order valence-corrected chi connectivity index (χ3v) is 3.27. The van der Waals surface area contributed by atoms with Crippen molar-refractivity contribution in [3.8, 4) is 0 Å². The number of alkyl halides is 3. The normalized spacial score (nSPS) is 11.4. The maximum atomic E-state index is 12.2. The van der Waals surface area contributed by atoms with E-state index in [1.165, 1.54) is 12.3 Å². The third kappa shape index (κ3) is 14.0. The quantitative estimate of drug-likeness (QED) is 0.231. The van der Waals surface area contributed by atoms with E-state index in [0.29, 0.717) is 12.3 Å². The lowest BCUT2D eigenvalue weighted by molar-refractivity contribution is -0.143. The Kier molecular flexibility index (Phi) is 13.7. The fourth-order valence-corrected chi connectivity index (χ4v) is 1.98. The molecule has 1 aromatic carbocycles. The molecule has 0 aliphatic heterocycles. The SMILES string of the molecule is CCOC(=O)C/C(=N/NC(N)=O)c1ccccc1.CCOC(=O)CC(=NNC(N)=O)C(F)(F)F. The van der Waals surface area contributed by atoms with E-state index in [2.05, 4.69) is 26.1 Å². The second kappa shape index (κ2) is 15.6. The molecule has 0 radical (unpaired) electrons. The maximum absolute atomic E-state index is 12.2. The Balaban J connectivity index is 0.000000646. The second-order valence-corrected chi connectivity index (χ2v) is 5.90. The lowest BCUT2D eigenvalue weighted by Gasteiger charge is -2.09. The fraction of sp³-hybridized carbons (Fsp3) is 0.368. The predicted molar refractivity (Wildman–Crippen MR) is 114 cm³/mol. The zero-order valence-electron chi connectivity index (χ0n) is 18.3. The van der Waals surface area contributed by atoms with E-state index in [1.54, 1.807) is 31.2 Å². The number of hydrogen-bond acceptors (Lipinski definition) is 8. The molecule has 1 aromatic rings. The molecule has 1 rings (SSSR count). The summed E-state index contributed by atoms with van der Waals surface area (Å²) in [4.78, 5) is 43.0. The molecule has 0 fully saturated rings. The molecule has 188 valence electrons. The van der Waals surface area contributed by atoms with E-state index >= 15 is 0 Å². The van der Waals surface area contributed by atoms with Gasteiger partial charge < -0.3 is 20.9 Å². The summed E-state index contributed by atoms with van der Waals surface area (Å²) in [6.07, 6.45) is -5.95. The van der Waals surface area contributed by atoms with Crippen LogP contribution in [-0.2, 0) is 19.1 Å². The van der Waals surface area contributed by atoms with Gasteiger partial charge in [-0.05, 0) is 19.4 Å². The molecule has 6 N–H and O–H groups in total. The van der Waals surface area contributed by atoms with Crippen LogP contribution in [0.5, 0.6) is 0 Å². The number of amides is 4. The molecule has 0 heterocycles. The Labute approximate surface area is 192 Å². The van der Waals surface area contributed by atoms with Crippen LogP contribution in [-0.4, -0.2) is 54.8 Å². The van der Waals surface area contributed by atoms with Crippen LogP contribution >= 0.6 is 0 Å². The van der Waals surface area contributed by atoms with Crippen molar-refractivity contribution in [2.45, 2.75) is 32.9 Å². The summed E-state index contributed by atoms with van der Waals surface area (Å²) >= 11 is 0. The minimum atomic E-state index is -4.84. The molecule has 0 bridgehead atoms. The van der Waals surface area contributed by atoms with Gasteiger partial charge in [0.1, 0.15) is 0 Å². The first-order chi connectivity index (χ1) is 15.9. The van der Waals surface area contributed by atoms with E-state index in [4.69, 9.17) is 10.5 Å². The summed E-state index contributed by atoms with van der Waals surface area (Å²) < 4.78 is 45.9. The van der Waals surface area contributed by atoms with Gasteiger partial charge >= 0.3 is 30.2 Å². The lowest BCUT2D eigenvalue weighted by Crippen LogP contribution is -2.32. The highest BCUT2D eigenvalue weighted by Crippen LogP contribution is 2.19. The molecular formula is C19H25F3N6O6. The summed E-state index contributed by atoms with van der Waals surface area (Å²) in [5.41, 5.74) is 12.6. The van der Waals surface area contributed by atoms with Crippen molar-refractivity contribution < 1.29 is 41.8 Å². The zero-order chi connectivity index (χ0) is 26.1. The number of hydrogen-bond donors (Lipinski definition) is 4. The van der Waals surface area contributed by atoms with Gasteiger partial charge in [0, 0.05) is 0 Å². The van der Waals surface area contributed by atoms with Crippen LogP contribution in [0.15, 0.2) is 40.5 Å². The van der Waals surface area contributed by atoms with Gasteiger partial charge in [-0.2, -0.15) is 23.4 Å². The van der Waals surface area contributed by atoms with Gasteiger partial charge in [-0.25, -0.2) is 20.4 Å². The van der Waals surface area contributed by atoms with E-state index in [9.17, 15) is 32.3 Å². The highest BCUT2D eigenvalue weighted by Gasteiger charge is 2.37. The number of carbonyl (C=O) groups is 4. The molecular weight excluding hydrogens is 465 g/mol. The molecule has 12 nitrogen and oxygen atoms in total. The number of benzene rings is 1. The van der Waals surface area contributed by atoms with Gasteiger partial charge in [0.15, 0.2) is 5.71 Å². The summed E-state index contributed by atoms with van der Waals surface area (Å²) in [7, 11) is 0. The molecule has 0 saturated carbocycles. The minimum absolute atomic E-state index is 0.0296. The second-order valence-electron chi connectivity index (χ2n) is 5.90. The number of urea groups is 2. The van der Waals surface area contributed by atoms with E-state index in [1.807, 2.05) is 6.07 Å². The Morgan fingerprint density at radius 1 is 0.853 bits per heavy atom. The van der Waals surface area contributed by atoms with Crippen LogP contribution in [0.1, 0.15) is 32.3 Å². The first-order valence-corrected chi connectivity index (χ1v) is 9.58. The number of rotatable bonds is 9. The zero-order valence-corrected chi connectivity index (χ0v) is 18.3. The molecule has 34 heavy (non-hydrogen) atoms. The Bertz CT molecular complexity index is 890. The van der Waals surface area contributed by atoms with Crippen molar-refractivity contribution in [1.82, 2.24) is 10.9 Å². The van der Waals surface area contributed by atoms with Crippen LogP contribution < -0.4 is 22.3 Å². The van der Waals surface area contributed by atoms with Crippen molar-refractivity contribution in [1.29, 1.82) is 0 Å². The Morgan fingerprint density at radius 3 is 1.76 bits per heavy atom. The number of nitrogens with one attached hydrogen (secondary N) is 2. The number of nitrogens with zero attached hydrogens (tertiary/aromatic N) is 2. The number of primary amides is 2. The average molecular weight is 490 g/mol. The molecule has 4 amide bonds. The Morgan fingerprint density at radius 2 is 1.32 bits per heavy atom. The monoisotopic (exact) mass is 490 g/mol. The summed E-state index contributed by atoms with van der Waals surface area (Å²) in [6, 6.07) is 6.97. The average Bonchev–Trinajstić information content (AvgIpc) is 2.74. The van der Waals surface area contributed by atoms with Gasteiger partial charge in [-0.15, -0.1) is 0 Å². The molecule has 0 unspecified atom stereocenters. The van der Waals surface area contributed by atoms with Gasteiger partial charge in [-0.1, -0.05) is 30.3 Å².